The second-order valence-corrected chi connectivity index (χ2v) is 3.32. The molecule has 0 fully saturated rings. The molecule has 6 heteroatoms. The number of amides is 1. The molecule has 0 bridgehead atoms. The SMILES string of the molecule is COCCCC(NC(=O)[C@H](C)N)C(=O)O. The highest BCUT2D eigenvalue weighted by atomic mass is 16.5. The zero-order valence-electron chi connectivity index (χ0n) is 9.03. The number of carbonyl (C=O) groups excluding carboxylic acids is 1. The Kier molecular flexibility index (Phi) is 6.64. The summed E-state index contributed by atoms with van der Waals surface area (Å²) >= 11 is 0. The standard InChI is InChI=1S/C9H18N2O4/c1-6(10)8(12)11-7(9(13)14)4-3-5-15-2/h6-7H,3-5,10H2,1-2H3,(H,11,12)(H,13,14)/t6-,7?/m0/s1. The summed E-state index contributed by atoms with van der Waals surface area (Å²) in [5.74, 6) is -1.51. The molecular formula is C9H18N2O4. The van der Waals surface area contributed by atoms with E-state index < -0.39 is 24.0 Å². The Morgan fingerprint density at radius 3 is 2.53 bits per heavy atom. The van der Waals surface area contributed by atoms with E-state index in [9.17, 15) is 9.59 Å². The molecule has 1 amide bonds. The summed E-state index contributed by atoms with van der Waals surface area (Å²) in [6.45, 7) is 1.97. The van der Waals surface area contributed by atoms with Gasteiger partial charge >= 0.3 is 5.97 Å². The Morgan fingerprint density at radius 1 is 1.53 bits per heavy atom. The second kappa shape index (κ2) is 7.19. The lowest BCUT2D eigenvalue weighted by molar-refractivity contribution is -0.142. The normalized spacial score (nSPS) is 14.3. The average Bonchev–Trinajstić information content (AvgIpc) is 2.15. The largest absolute Gasteiger partial charge is 0.480 e. The van der Waals surface area contributed by atoms with Gasteiger partial charge in [-0.3, -0.25) is 4.79 Å². The molecule has 0 aliphatic heterocycles. The van der Waals surface area contributed by atoms with E-state index in [1.807, 2.05) is 0 Å². The fourth-order valence-electron chi connectivity index (χ4n) is 0.992. The Labute approximate surface area is 88.8 Å². The summed E-state index contributed by atoms with van der Waals surface area (Å²) in [4.78, 5) is 21.9. The molecule has 0 saturated carbocycles. The van der Waals surface area contributed by atoms with E-state index in [4.69, 9.17) is 15.6 Å². The predicted octanol–water partition coefficient (Wildman–Crippen LogP) is -0.670. The van der Waals surface area contributed by atoms with Gasteiger partial charge in [-0.25, -0.2) is 4.79 Å². The van der Waals surface area contributed by atoms with E-state index in [0.717, 1.165) is 0 Å². The third kappa shape index (κ3) is 6.03. The van der Waals surface area contributed by atoms with Gasteiger partial charge in [-0.1, -0.05) is 0 Å². The van der Waals surface area contributed by atoms with E-state index in [1.165, 1.54) is 14.0 Å². The Morgan fingerprint density at radius 2 is 2.13 bits per heavy atom. The van der Waals surface area contributed by atoms with Crippen molar-refractivity contribution in [2.75, 3.05) is 13.7 Å². The van der Waals surface area contributed by atoms with Gasteiger partial charge in [0.2, 0.25) is 5.91 Å². The maximum atomic E-state index is 11.2. The van der Waals surface area contributed by atoms with Crippen LogP contribution in [0.15, 0.2) is 0 Å². The van der Waals surface area contributed by atoms with Gasteiger partial charge in [-0.15, -0.1) is 0 Å². The summed E-state index contributed by atoms with van der Waals surface area (Å²) in [6.07, 6.45) is 0.911. The Balaban J connectivity index is 4.05. The zero-order valence-corrected chi connectivity index (χ0v) is 9.03. The molecule has 2 atom stereocenters. The van der Waals surface area contributed by atoms with Crippen LogP contribution in [0, 0.1) is 0 Å². The van der Waals surface area contributed by atoms with Crippen LogP contribution in [-0.2, 0) is 14.3 Å². The van der Waals surface area contributed by atoms with Crippen molar-refractivity contribution >= 4 is 11.9 Å². The highest BCUT2D eigenvalue weighted by molar-refractivity contribution is 5.86. The van der Waals surface area contributed by atoms with Crippen molar-refractivity contribution in [2.45, 2.75) is 31.8 Å². The molecule has 0 rings (SSSR count). The summed E-state index contributed by atoms with van der Waals surface area (Å²) in [5, 5.41) is 11.2. The molecule has 0 aromatic carbocycles. The number of nitrogens with two attached hydrogens (primary N) is 1. The van der Waals surface area contributed by atoms with Gasteiger partial charge < -0.3 is 20.9 Å². The maximum Gasteiger partial charge on any atom is 0.326 e. The van der Waals surface area contributed by atoms with Crippen molar-refractivity contribution in [3.05, 3.63) is 0 Å². The lowest BCUT2D eigenvalue weighted by Gasteiger charge is -2.15. The molecule has 0 aromatic rings. The summed E-state index contributed by atoms with van der Waals surface area (Å²) in [7, 11) is 1.54. The number of ether oxygens (including phenoxy) is 1. The van der Waals surface area contributed by atoms with Crippen LogP contribution in [0.4, 0.5) is 0 Å². The maximum absolute atomic E-state index is 11.2. The van der Waals surface area contributed by atoms with Crippen LogP contribution in [0.2, 0.25) is 0 Å². The average molecular weight is 218 g/mol. The number of carboxylic acid groups (broad SMARTS) is 1. The lowest BCUT2D eigenvalue weighted by atomic mass is 10.1. The van der Waals surface area contributed by atoms with Crippen LogP contribution in [0.25, 0.3) is 0 Å². The van der Waals surface area contributed by atoms with E-state index in [0.29, 0.717) is 19.4 Å². The minimum Gasteiger partial charge on any atom is -0.480 e. The van der Waals surface area contributed by atoms with Crippen molar-refractivity contribution in [1.29, 1.82) is 0 Å². The molecule has 0 spiro atoms. The van der Waals surface area contributed by atoms with Crippen molar-refractivity contribution in [1.82, 2.24) is 5.32 Å². The Bertz CT molecular complexity index is 218. The monoisotopic (exact) mass is 218 g/mol. The van der Waals surface area contributed by atoms with Gasteiger partial charge in [0.15, 0.2) is 0 Å². The molecule has 0 aromatic heterocycles. The smallest absolute Gasteiger partial charge is 0.326 e. The first-order chi connectivity index (χ1) is 6.99. The highest BCUT2D eigenvalue weighted by Gasteiger charge is 2.20. The molecule has 0 saturated heterocycles. The molecule has 0 radical (unpaired) electrons. The number of hydrogen-bond donors (Lipinski definition) is 3. The molecule has 0 aliphatic carbocycles. The molecule has 6 nitrogen and oxygen atoms in total. The van der Waals surface area contributed by atoms with E-state index in [2.05, 4.69) is 5.32 Å². The molecule has 4 N–H and O–H groups in total. The molecule has 0 heterocycles. The van der Waals surface area contributed by atoms with Gasteiger partial charge in [0, 0.05) is 13.7 Å². The van der Waals surface area contributed by atoms with Gasteiger partial charge in [-0.2, -0.15) is 0 Å². The predicted molar refractivity (Wildman–Crippen MR) is 54.3 cm³/mol. The Hall–Kier alpha value is -1.14. The van der Waals surface area contributed by atoms with Crippen molar-refractivity contribution in [3.8, 4) is 0 Å². The molecule has 1 unspecified atom stereocenters. The highest BCUT2D eigenvalue weighted by Crippen LogP contribution is 1.98. The number of carboxylic acids is 1. The van der Waals surface area contributed by atoms with Crippen LogP contribution in [0.1, 0.15) is 19.8 Å². The number of rotatable bonds is 7. The molecular weight excluding hydrogens is 200 g/mol. The summed E-state index contributed by atoms with van der Waals surface area (Å²) < 4.78 is 4.79. The number of hydrogen-bond acceptors (Lipinski definition) is 4. The minimum absolute atomic E-state index is 0.335. The summed E-state index contributed by atoms with van der Waals surface area (Å²) in [6, 6.07) is -1.59. The van der Waals surface area contributed by atoms with Crippen LogP contribution in [-0.4, -0.2) is 42.8 Å². The van der Waals surface area contributed by atoms with Gasteiger partial charge in [0.25, 0.3) is 0 Å². The number of nitrogens with one attached hydrogen (secondary N) is 1. The van der Waals surface area contributed by atoms with E-state index in [-0.39, 0.29) is 0 Å². The van der Waals surface area contributed by atoms with Gasteiger partial charge in [-0.05, 0) is 19.8 Å². The van der Waals surface area contributed by atoms with E-state index in [1.54, 1.807) is 0 Å². The van der Waals surface area contributed by atoms with Gasteiger partial charge in [0.1, 0.15) is 6.04 Å². The number of carbonyl (C=O) groups is 2. The quantitative estimate of drug-likeness (QED) is 0.492. The topological polar surface area (TPSA) is 102 Å². The van der Waals surface area contributed by atoms with Crippen LogP contribution in [0.3, 0.4) is 0 Å². The van der Waals surface area contributed by atoms with Crippen LogP contribution in [0.5, 0.6) is 0 Å². The third-order valence-electron chi connectivity index (χ3n) is 1.87. The third-order valence-corrected chi connectivity index (χ3v) is 1.87. The van der Waals surface area contributed by atoms with Crippen molar-refractivity contribution in [2.24, 2.45) is 5.73 Å². The first kappa shape index (κ1) is 13.9. The zero-order chi connectivity index (χ0) is 11.8. The minimum atomic E-state index is -1.06. The molecule has 88 valence electrons. The first-order valence-electron chi connectivity index (χ1n) is 4.76. The second-order valence-electron chi connectivity index (χ2n) is 3.32. The molecule has 0 aliphatic rings. The number of aliphatic carboxylic acids is 1. The van der Waals surface area contributed by atoms with Crippen LogP contribution < -0.4 is 11.1 Å². The lowest BCUT2D eigenvalue weighted by Crippen LogP contribution is -2.47. The molecule has 15 heavy (non-hydrogen) atoms. The fourth-order valence-corrected chi connectivity index (χ4v) is 0.992. The first-order valence-corrected chi connectivity index (χ1v) is 4.76. The van der Waals surface area contributed by atoms with Crippen LogP contribution >= 0.6 is 0 Å². The van der Waals surface area contributed by atoms with Crippen molar-refractivity contribution < 1.29 is 19.4 Å². The fraction of sp³-hybridized carbons (Fsp3) is 0.778. The van der Waals surface area contributed by atoms with E-state index >= 15 is 0 Å². The number of methoxy groups -OCH3 is 1. The summed E-state index contributed by atoms with van der Waals surface area (Å²) in [5.41, 5.74) is 5.31. The van der Waals surface area contributed by atoms with Gasteiger partial charge in [0.05, 0.1) is 6.04 Å². The van der Waals surface area contributed by atoms with Crippen molar-refractivity contribution in [3.63, 3.8) is 0 Å².